The Morgan fingerprint density at radius 2 is 2.00 bits per heavy atom. The van der Waals surface area contributed by atoms with E-state index < -0.39 is 0 Å². The fourth-order valence-electron chi connectivity index (χ4n) is 3.30. The van der Waals surface area contributed by atoms with Crippen molar-refractivity contribution >= 4 is 23.2 Å². The van der Waals surface area contributed by atoms with Gasteiger partial charge in [0.05, 0.1) is 5.69 Å². The van der Waals surface area contributed by atoms with Crippen LogP contribution in [-0.4, -0.2) is 29.7 Å². The van der Waals surface area contributed by atoms with Crippen LogP contribution in [0.5, 0.6) is 0 Å². The maximum atomic E-state index is 6.06. The molecule has 146 valence electrons. The van der Waals surface area contributed by atoms with Crippen molar-refractivity contribution in [2.45, 2.75) is 45.6 Å². The second kappa shape index (κ2) is 9.00. The molecule has 0 unspecified atom stereocenters. The quantitative estimate of drug-likeness (QED) is 0.751. The number of hydrogen-bond donors (Lipinski definition) is 2. The molecule has 0 atom stereocenters. The number of nitrogens with one attached hydrogen (secondary N) is 2. The molecule has 1 aliphatic heterocycles. The van der Waals surface area contributed by atoms with Gasteiger partial charge in [-0.3, -0.25) is 0 Å². The average molecular weight is 389 g/mol. The maximum absolute atomic E-state index is 6.06. The molecule has 6 heteroatoms. The largest absolute Gasteiger partial charge is 0.381 e. The van der Waals surface area contributed by atoms with E-state index in [-0.39, 0.29) is 5.41 Å². The van der Waals surface area contributed by atoms with Crippen molar-refractivity contribution in [3.63, 3.8) is 0 Å². The standard InChI is InChI=1S/C21H29ClN4O/c1-21(2,3)19-16(13-23-12-15-7-9-27-10-8-15)14-24-20(26-19)25-18-6-4-5-17(22)11-18/h4-6,11,14-15,23H,7-10,12-13H2,1-3H3,(H,24,25,26). The number of benzene rings is 1. The zero-order valence-electron chi connectivity index (χ0n) is 16.4. The first kappa shape index (κ1) is 20.1. The Hall–Kier alpha value is -1.69. The van der Waals surface area contributed by atoms with Gasteiger partial charge >= 0.3 is 0 Å². The van der Waals surface area contributed by atoms with Crippen LogP contribution < -0.4 is 10.6 Å². The summed E-state index contributed by atoms with van der Waals surface area (Å²) in [6, 6.07) is 7.58. The molecule has 0 bridgehead atoms. The molecule has 1 fully saturated rings. The molecule has 1 saturated heterocycles. The molecule has 1 aromatic carbocycles. The van der Waals surface area contributed by atoms with Crippen molar-refractivity contribution in [2.24, 2.45) is 5.92 Å². The van der Waals surface area contributed by atoms with Crippen LogP contribution in [0.4, 0.5) is 11.6 Å². The lowest BCUT2D eigenvalue weighted by Crippen LogP contribution is -2.29. The van der Waals surface area contributed by atoms with E-state index in [0.29, 0.717) is 16.9 Å². The molecular weight excluding hydrogens is 360 g/mol. The first-order valence-electron chi connectivity index (χ1n) is 9.59. The zero-order valence-corrected chi connectivity index (χ0v) is 17.1. The van der Waals surface area contributed by atoms with Gasteiger partial charge in [-0.15, -0.1) is 0 Å². The van der Waals surface area contributed by atoms with E-state index in [2.05, 4.69) is 36.4 Å². The predicted molar refractivity (Wildman–Crippen MR) is 111 cm³/mol. The molecule has 0 spiro atoms. The Kier molecular flexibility index (Phi) is 6.68. The molecule has 1 aromatic heterocycles. The summed E-state index contributed by atoms with van der Waals surface area (Å²) in [5, 5.41) is 7.52. The molecule has 0 saturated carbocycles. The van der Waals surface area contributed by atoms with Gasteiger partial charge in [-0.25, -0.2) is 9.97 Å². The molecule has 5 nitrogen and oxygen atoms in total. The van der Waals surface area contributed by atoms with Gasteiger partial charge in [-0.05, 0) is 43.5 Å². The third-order valence-electron chi connectivity index (χ3n) is 4.75. The topological polar surface area (TPSA) is 59.1 Å². The lowest BCUT2D eigenvalue weighted by molar-refractivity contribution is 0.0662. The first-order valence-corrected chi connectivity index (χ1v) is 9.97. The van der Waals surface area contributed by atoms with Crippen molar-refractivity contribution in [1.82, 2.24) is 15.3 Å². The Morgan fingerprint density at radius 1 is 1.22 bits per heavy atom. The number of anilines is 2. The third kappa shape index (κ3) is 5.89. The number of nitrogens with zero attached hydrogens (tertiary/aromatic N) is 2. The van der Waals surface area contributed by atoms with Gasteiger partial charge in [0.25, 0.3) is 0 Å². The molecule has 0 aliphatic carbocycles. The van der Waals surface area contributed by atoms with E-state index in [1.165, 1.54) is 0 Å². The number of ether oxygens (including phenoxy) is 1. The minimum absolute atomic E-state index is 0.0661. The minimum Gasteiger partial charge on any atom is -0.381 e. The molecule has 27 heavy (non-hydrogen) atoms. The molecule has 2 heterocycles. The summed E-state index contributed by atoms with van der Waals surface area (Å²) in [5.41, 5.74) is 3.02. The Labute approximate surface area is 166 Å². The normalized spacial score (nSPS) is 15.7. The van der Waals surface area contributed by atoms with Crippen LogP contribution in [0.3, 0.4) is 0 Å². The van der Waals surface area contributed by atoms with Crippen LogP contribution in [0.15, 0.2) is 30.5 Å². The van der Waals surface area contributed by atoms with E-state index in [4.69, 9.17) is 21.3 Å². The van der Waals surface area contributed by atoms with Gasteiger partial charge in [0, 0.05) is 47.6 Å². The summed E-state index contributed by atoms with van der Waals surface area (Å²) in [6.45, 7) is 10.1. The zero-order chi connectivity index (χ0) is 19.3. The molecule has 3 rings (SSSR count). The van der Waals surface area contributed by atoms with Crippen molar-refractivity contribution in [2.75, 3.05) is 25.1 Å². The number of aromatic nitrogens is 2. The number of rotatable bonds is 6. The fourth-order valence-corrected chi connectivity index (χ4v) is 3.49. The van der Waals surface area contributed by atoms with E-state index >= 15 is 0 Å². The summed E-state index contributed by atoms with van der Waals surface area (Å²) in [7, 11) is 0. The summed E-state index contributed by atoms with van der Waals surface area (Å²) in [5.74, 6) is 1.29. The van der Waals surface area contributed by atoms with Crippen LogP contribution >= 0.6 is 11.6 Å². The van der Waals surface area contributed by atoms with E-state index in [1.807, 2.05) is 30.5 Å². The van der Waals surface area contributed by atoms with E-state index in [0.717, 1.165) is 56.1 Å². The summed E-state index contributed by atoms with van der Waals surface area (Å²) < 4.78 is 5.43. The van der Waals surface area contributed by atoms with Crippen molar-refractivity contribution in [1.29, 1.82) is 0 Å². The van der Waals surface area contributed by atoms with Gasteiger partial charge in [-0.1, -0.05) is 38.4 Å². The lowest BCUT2D eigenvalue weighted by atomic mass is 9.89. The second-order valence-electron chi connectivity index (χ2n) is 8.14. The highest BCUT2D eigenvalue weighted by molar-refractivity contribution is 6.30. The molecule has 1 aliphatic rings. The Balaban J connectivity index is 1.69. The molecule has 0 radical (unpaired) electrons. The third-order valence-corrected chi connectivity index (χ3v) is 4.98. The predicted octanol–water partition coefficient (Wildman–Crippen LogP) is 4.69. The molecule has 0 amide bonds. The Bertz CT molecular complexity index is 754. The highest BCUT2D eigenvalue weighted by Crippen LogP contribution is 2.26. The van der Waals surface area contributed by atoms with Crippen molar-refractivity contribution in [3.8, 4) is 0 Å². The summed E-state index contributed by atoms with van der Waals surface area (Å²) in [4.78, 5) is 9.33. The number of hydrogen-bond acceptors (Lipinski definition) is 5. The maximum Gasteiger partial charge on any atom is 0.227 e. The molecule has 2 aromatic rings. The summed E-state index contributed by atoms with van der Waals surface area (Å²) >= 11 is 6.06. The molecular formula is C21H29ClN4O. The van der Waals surface area contributed by atoms with Gasteiger partial charge in [0.1, 0.15) is 0 Å². The van der Waals surface area contributed by atoms with Gasteiger partial charge in [-0.2, -0.15) is 0 Å². The SMILES string of the molecule is CC(C)(C)c1nc(Nc2cccc(Cl)c2)ncc1CNCC1CCOCC1. The van der Waals surface area contributed by atoms with E-state index in [9.17, 15) is 0 Å². The molecule has 2 N–H and O–H groups in total. The van der Waals surface area contributed by atoms with Gasteiger partial charge in [0.2, 0.25) is 5.95 Å². The summed E-state index contributed by atoms with van der Waals surface area (Å²) in [6.07, 6.45) is 4.20. The second-order valence-corrected chi connectivity index (χ2v) is 8.58. The lowest BCUT2D eigenvalue weighted by Gasteiger charge is -2.24. The van der Waals surface area contributed by atoms with Crippen LogP contribution in [0, 0.1) is 5.92 Å². The highest BCUT2D eigenvalue weighted by atomic mass is 35.5. The monoisotopic (exact) mass is 388 g/mol. The first-order chi connectivity index (χ1) is 12.9. The van der Waals surface area contributed by atoms with Gasteiger partial charge < -0.3 is 15.4 Å². The fraction of sp³-hybridized carbons (Fsp3) is 0.524. The smallest absolute Gasteiger partial charge is 0.227 e. The van der Waals surface area contributed by atoms with Crippen LogP contribution in [0.25, 0.3) is 0 Å². The van der Waals surface area contributed by atoms with Gasteiger partial charge in [0.15, 0.2) is 0 Å². The van der Waals surface area contributed by atoms with E-state index in [1.54, 1.807) is 0 Å². The minimum atomic E-state index is -0.0661. The highest BCUT2D eigenvalue weighted by Gasteiger charge is 2.21. The Morgan fingerprint density at radius 3 is 2.70 bits per heavy atom. The van der Waals surface area contributed by atoms with Crippen LogP contribution in [0.1, 0.15) is 44.9 Å². The average Bonchev–Trinajstić information content (AvgIpc) is 2.63. The number of halogens is 1. The van der Waals surface area contributed by atoms with Crippen LogP contribution in [-0.2, 0) is 16.7 Å². The van der Waals surface area contributed by atoms with Crippen molar-refractivity contribution < 1.29 is 4.74 Å². The van der Waals surface area contributed by atoms with Crippen LogP contribution in [0.2, 0.25) is 5.02 Å². The van der Waals surface area contributed by atoms with Crippen molar-refractivity contribution in [3.05, 3.63) is 46.7 Å².